The summed E-state index contributed by atoms with van der Waals surface area (Å²) in [6.45, 7) is 3.96. The standard InChI is InChI=1S/C19H22N2O2S/c1-13(2)23-16-9-5-3-8-15(16)12-20-21-19(22)18-11-14-7-4-6-10-17(14)24-18/h3,5,8-9,11-13H,4,6-7,10H2,1-2H3,(H,21,22)/b20-12-. The predicted molar refractivity (Wildman–Crippen MR) is 98.2 cm³/mol. The lowest BCUT2D eigenvalue weighted by atomic mass is 9.99. The van der Waals surface area contributed by atoms with Crippen molar-refractivity contribution in [3.05, 3.63) is 51.2 Å². The summed E-state index contributed by atoms with van der Waals surface area (Å²) in [6.07, 6.45) is 6.34. The van der Waals surface area contributed by atoms with Crippen LogP contribution in [0.25, 0.3) is 0 Å². The highest BCUT2D eigenvalue weighted by Crippen LogP contribution is 2.29. The van der Waals surface area contributed by atoms with Crippen molar-refractivity contribution >= 4 is 23.5 Å². The molecule has 3 rings (SSSR count). The van der Waals surface area contributed by atoms with Gasteiger partial charge in [-0.25, -0.2) is 5.43 Å². The average molecular weight is 342 g/mol. The summed E-state index contributed by atoms with van der Waals surface area (Å²) in [7, 11) is 0. The first kappa shape index (κ1) is 16.7. The first-order valence-corrected chi connectivity index (χ1v) is 9.16. The van der Waals surface area contributed by atoms with Crippen molar-refractivity contribution < 1.29 is 9.53 Å². The molecule has 0 fully saturated rings. The van der Waals surface area contributed by atoms with Crippen LogP contribution < -0.4 is 10.2 Å². The number of hydrazone groups is 1. The minimum Gasteiger partial charge on any atom is -0.490 e. The highest BCUT2D eigenvalue weighted by atomic mass is 32.1. The largest absolute Gasteiger partial charge is 0.490 e. The van der Waals surface area contributed by atoms with E-state index in [2.05, 4.69) is 10.5 Å². The Morgan fingerprint density at radius 2 is 2.08 bits per heavy atom. The second kappa shape index (κ2) is 7.62. The molecule has 0 radical (unpaired) electrons. The number of carbonyl (C=O) groups excluding carboxylic acids is 1. The number of nitrogens with zero attached hydrogens (tertiary/aromatic N) is 1. The maximum Gasteiger partial charge on any atom is 0.281 e. The number of rotatable bonds is 5. The summed E-state index contributed by atoms with van der Waals surface area (Å²) in [4.78, 5) is 14.4. The number of benzene rings is 1. The number of carbonyl (C=O) groups is 1. The monoisotopic (exact) mass is 342 g/mol. The number of nitrogens with one attached hydrogen (secondary N) is 1. The Balaban J connectivity index is 1.66. The molecule has 1 aliphatic carbocycles. The van der Waals surface area contributed by atoms with E-state index in [1.54, 1.807) is 17.6 Å². The quantitative estimate of drug-likeness (QED) is 0.655. The van der Waals surface area contributed by atoms with E-state index in [1.807, 2.05) is 44.2 Å². The fourth-order valence-electron chi connectivity index (χ4n) is 2.77. The molecule has 1 aliphatic rings. The van der Waals surface area contributed by atoms with Crippen molar-refractivity contribution in [1.29, 1.82) is 0 Å². The second-order valence-electron chi connectivity index (χ2n) is 6.17. The van der Waals surface area contributed by atoms with Gasteiger partial charge in [-0.15, -0.1) is 11.3 Å². The van der Waals surface area contributed by atoms with Gasteiger partial charge >= 0.3 is 0 Å². The number of ether oxygens (including phenoxy) is 1. The molecule has 0 unspecified atom stereocenters. The van der Waals surface area contributed by atoms with Crippen LogP contribution in [-0.4, -0.2) is 18.2 Å². The number of thiophene rings is 1. The number of hydrogen-bond donors (Lipinski definition) is 1. The van der Waals surface area contributed by atoms with Crippen LogP contribution >= 0.6 is 11.3 Å². The molecule has 1 amide bonds. The van der Waals surface area contributed by atoms with Gasteiger partial charge in [0.25, 0.3) is 5.91 Å². The van der Waals surface area contributed by atoms with Gasteiger partial charge in [0.05, 0.1) is 17.2 Å². The van der Waals surface area contributed by atoms with Crippen molar-refractivity contribution in [3.8, 4) is 5.75 Å². The summed E-state index contributed by atoms with van der Waals surface area (Å²) in [5.74, 6) is 0.616. The Morgan fingerprint density at radius 1 is 1.29 bits per heavy atom. The predicted octanol–water partition coefficient (Wildman–Crippen LogP) is 4.18. The van der Waals surface area contributed by atoms with Gasteiger partial charge in [-0.05, 0) is 63.3 Å². The van der Waals surface area contributed by atoms with E-state index in [1.165, 1.54) is 23.3 Å². The molecule has 1 aromatic carbocycles. The number of hydrogen-bond acceptors (Lipinski definition) is 4. The molecule has 1 aromatic heterocycles. The minimum atomic E-state index is -0.145. The van der Waals surface area contributed by atoms with E-state index in [0.717, 1.165) is 29.0 Å². The molecule has 4 nitrogen and oxygen atoms in total. The van der Waals surface area contributed by atoms with Crippen molar-refractivity contribution in [2.45, 2.75) is 45.6 Å². The lowest BCUT2D eigenvalue weighted by molar-refractivity contribution is 0.0959. The third-order valence-corrected chi connectivity index (χ3v) is 5.11. The van der Waals surface area contributed by atoms with Gasteiger partial charge in [-0.1, -0.05) is 12.1 Å². The van der Waals surface area contributed by atoms with E-state index >= 15 is 0 Å². The van der Waals surface area contributed by atoms with E-state index < -0.39 is 0 Å². The van der Waals surface area contributed by atoms with Crippen LogP contribution in [0, 0.1) is 0 Å². The van der Waals surface area contributed by atoms with E-state index in [-0.39, 0.29) is 12.0 Å². The normalized spacial score (nSPS) is 14.0. The maximum absolute atomic E-state index is 12.3. The molecule has 126 valence electrons. The fraction of sp³-hybridized carbons (Fsp3) is 0.368. The molecule has 1 heterocycles. The smallest absolute Gasteiger partial charge is 0.281 e. The lowest BCUT2D eigenvalue weighted by Gasteiger charge is -2.11. The van der Waals surface area contributed by atoms with Crippen LogP contribution in [0.15, 0.2) is 35.4 Å². The summed E-state index contributed by atoms with van der Waals surface area (Å²) >= 11 is 1.59. The van der Waals surface area contributed by atoms with Crippen LogP contribution in [0.4, 0.5) is 0 Å². The molecule has 0 spiro atoms. The molecule has 5 heteroatoms. The zero-order valence-corrected chi connectivity index (χ0v) is 14.9. The molecule has 0 atom stereocenters. The Kier molecular flexibility index (Phi) is 5.30. The fourth-order valence-corrected chi connectivity index (χ4v) is 3.91. The SMILES string of the molecule is CC(C)Oc1ccccc1/C=N\NC(=O)c1cc2c(s1)CCCC2. The molecular weight excluding hydrogens is 320 g/mol. The van der Waals surface area contributed by atoms with Crippen molar-refractivity contribution in [2.24, 2.45) is 5.10 Å². The number of fused-ring (bicyclic) bond motifs is 1. The summed E-state index contributed by atoms with van der Waals surface area (Å²) in [5.41, 5.74) is 4.80. The molecule has 1 N–H and O–H groups in total. The van der Waals surface area contributed by atoms with Crippen LogP contribution in [0.1, 0.15) is 52.4 Å². The Hall–Kier alpha value is -2.14. The number of amides is 1. The summed E-state index contributed by atoms with van der Waals surface area (Å²) in [6, 6.07) is 9.67. The van der Waals surface area contributed by atoms with Crippen LogP contribution in [0.3, 0.4) is 0 Å². The van der Waals surface area contributed by atoms with Crippen LogP contribution in [-0.2, 0) is 12.8 Å². The Bertz CT molecular complexity index is 726. The van der Waals surface area contributed by atoms with Crippen molar-refractivity contribution in [2.75, 3.05) is 0 Å². The lowest BCUT2D eigenvalue weighted by Crippen LogP contribution is -2.16. The van der Waals surface area contributed by atoms with Gasteiger partial charge in [0.1, 0.15) is 5.75 Å². The molecule has 0 aliphatic heterocycles. The van der Waals surface area contributed by atoms with Gasteiger partial charge in [0, 0.05) is 10.4 Å². The minimum absolute atomic E-state index is 0.0894. The van der Waals surface area contributed by atoms with Crippen molar-refractivity contribution in [3.63, 3.8) is 0 Å². The first-order chi connectivity index (χ1) is 11.6. The van der Waals surface area contributed by atoms with Gasteiger partial charge in [-0.2, -0.15) is 5.10 Å². The number of aryl methyl sites for hydroxylation is 2. The molecule has 0 saturated carbocycles. The first-order valence-electron chi connectivity index (χ1n) is 8.34. The molecule has 24 heavy (non-hydrogen) atoms. The summed E-state index contributed by atoms with van der Waals surface area (Å²) < 4.78 is 5.74. The van der Waals surface area contributed by atoms with E-state index in [9.17, 15) is 4.79 Å². The van der Waals surface area contributed by atoms with Crippen LogP contribution in [0.2, 0.25) is 0 Å². The van der Waals surface area contributed by atoms with Gasteiger partial charge in [0.2, 0.25) is 0 Å². The second-order valence-corrected chi connectivity index (χ2v) is 7.31. The Labute approximate surface area is 146 Å². The highest BCUT2D eigenvalue weighted by molar-refractivity contribution is 7.14. The third kappa shape index (κ3) is 4.03. The van der Waals surface area contributed by atoms with Crippen LogP contribution in [0.5, 0.6) is 5.75 Å². The van der Waals surface area contributed by atoms with E-state index in [4.69, 9.17) is 4.74 Å². The molecule has 0 saturated heterocycles. The topological polar surface area (TPSA) is 50.7 Å². The average Bonchev–Trinajstić information content (AvgIpc) is 3.00. The maximum atomic E-state index is 12.3. The Morgan fingerprint density at radius 3 is 2.88 bits per heavy atom. The molecule has 0 bridgehead atoms. The highest BCUT2D eigenvalue weighted by Gasteiger charge is 2.16. The molecule has 2 aromatic rings. The van der Waals surface area contributed by atoms with Gasteiger partial charge in [-0.3, -0.25) is 4.79 Å². The molecular formula is C19H22N2O2S. The third-order valence-electron chi connectivity index (χ3n) is 3.87. The van der Waals surface area contributed by atoms with E-state index in [0.29, 0.717) is 0 Å². The van der Waals surface area contributed by atoms with Gasteiger partial charge < -0.3 is 4.74 Å². The van der Waals surface area contributed by atoms with Crippen molar-refractivity contribution in [1.82, 2.24) is 5.43 Å². The number of para-hydroxylation sites is 1. The zero-order chi connectivity index (χ0) is 16.9. The van der Waals surface area contributed by atoms with Gasteiger partial charge in [0.15, 0.2) is 0 Å². The summed E-state index contributed by atoms with van der Waals surface area (Å²) in [5, 5.41) is 4.09. The zero-order valence-electron chi connectivity index (χ0n) is 14.0.